The fourth-order valence-electron chi connectivity index (χ4n) is 2.48. The van der Waals surface area contributed by atoms with Crippen molar-refractivity contribution < 1.29 is 9.18 Å². The first-order chi connectivity index (χ1) is 11.6. The van der Waals surface area contributed by atoms with Crippen LogP contribution in [0.3, 0.4) is 0 Å². The first-order valence-corrected chi connectivity index (χ1v) is 8.37. The van der Waals surface area contributed by atoms with E-state index in [1.54, 1.807) is 24.4 Å². The number of aromatic nitrogens is 1. The van der Waals surface area contributed by atoms with Gasteiger partial charge in [-0.1, -0.05) is 26.0 Å². The van der Waals surface area contributed by atoms with Crippen molar-refractivity contribution in [1.29, 1.82) is 0 Å². The maximum Gasteiger partial charge on any atom is 0.272 e. The monoisotopic (exact) mass is 329 g/mol. The predicted molar refractivity (Wildman–Crippen MR) is 94.4 cm³/mol. The number of nitrogens with zero attached hydrogens (tertiary/aromatic N) is 2. The van der Waals surface area contributed by atoms with Crippen LogP contribution in [0.25, 0.3) is 0 Å². The van der Waals surface area contributed by atoms with Gasteiger partial charge in [0, 0.05) is 31.5 Å². The number of benzene rings is 1. The minimum atomic E-state index is -0.248. The highest BCUT2D eigenvalue weighted by atomic mass is 19.1. The highest BCUT2D eigenvalue weighted by molar-refractivity contribution is 5.93. The molecule has 1 aromatic carbocycles. The molecule has 1 amide bonds. The van der Waals surface area contributed by atoms with Gasteiger partial charge in [0.05, 0.1) is 0 Å². The van der Waals surface area contributed by atoms with Crippen molar-refractivity contribution in [3.8, 4) is 0 Å². The number of pyridine rings is 1. The van der Waals surface area contributed by atoms with Gasteiger partial charge in [0.1, 0.15) is 11.5 Å². The first-order valence-electron chi connectivity index (χ1n) is 8.37. The standard InChI is InChI=1S/C19H24FN3O/c1-3-11-23(12-4-2)19(24)18-13-17(9-10-21-18)22-14-15-5-7-16(20)8-6-15/h5-10,13H,3-4,11-12,14H2,1-2H3,(H,21,22). The second-order valence-electron chi connectivity index (χ2n) is 5.70. The van der Waals surface area contributed by atoms with E-state index in [9.17, 15) is 9.18 Å². The SMILES string of the molecule is CCCN(CCC)C(=O)c1cc(NCc2ccc(F)cc2)ccn1. The molecule has 0 spiro atoms. The Labute approximate surface area is 142 Å². The Morgan fingerprint density at radius 1 is 1.12 bits per heavy atom. The molecule has 1 N–H and O–H groups in total. The smallest absolute Gasteiger partial charge is 0.272 e. The minimum absolute atomic E-state index is 0.0378. The number of nitrogens with one attached hydrogen (secondary N) is 1. The van der Waals surface area contributed by atoms with Crippen molar-refractivity contribution in [3.05, 3.63) is 59.7 Å². The number of amides is 1. The Morgan fingerprint density at radius 3 is 2.42 bits per heavy atom. The lowest BCUT2D eigenvalue weighted by molar-refractivity contribution is 0.0749. The van der Waals surface area contributed by atoms with Crippen LogP contribution in [0, 0.1) is 5.82 Å². The van der Waals surface area contributed by atoms with Crippen LogP contribution < -0.4 is 5.32 Å². The Morgan fingerprint density at radius 2 is 1.79 bits per heavy atom. The van der Waals surface area contributed by atoms with E-state index in [4.69, 9.17) is 0 Å². The lowest BCUT2D eigenvalue weighted by Crippen LogP contribution is -2.33. The molecule has 0 atom stereocenters. The number of anilines is 1. The number of carbonyl (C=O) groups excluding carboxylic acids is 1. The molecule has 0 aliphatic carbocycles. The van der Waals surface area contributed by atoms with E-state index in [2.05, 4.69) is 24.1 Å². The van der Waals surface area contributed by atoms with Crippen molar-refractivity contribution in [1.82, 2.24) is 9.88 Å². The van der Waals surface area contributed by atoms with Crippen LogP contribution in [0.4, 0.5) is 10.1 Å². The van der Waals surface area contributed by atoms with Crippen molar-refractivity contribution in [3.63, 3.8) is 0 Å². The molecule has 0 fully saturated rings. The quantitative estimate of drug-likeness (QED) is 0.793. The molecule has 1 heterocycles. The third kappa shape index (κ3) is 5.05. The summed E-state index contributed by atoms with van der Waals surface area (Å²) in [5.41, 5.74) is 2.24. The number of hydrogen-bond acceptors (Lipinski definition) is 3. The van der Waals surface area contributed by atoms with E-state index < -0.39 is 0 Å². The summed E-state index contributed by atoms with van der Waals surface area (Å²) in [5.74, 6) is -0.286. The lowest BCUT2D eigenvalue weighted by atomic mass is 10.2. The molecule has 0 bridgehead atoms. The largest absolute Gasteiger partial charge is 0.381 e. The topological polar surface area (TPSA) is 45.2 Å². The normalized spacial score (nSPS) is 10.5. The van der Waals surface area contributed by atoms with Gasteiger partial charge in [-0.2, -0.15) is 0 Å². The van der Waals surface area contributed by atoms with Crippen LogP contribution in [0.15, 0.2) is 42.6 Å². The fourth-order valence-corrected chi connectivity index (χ4v) is 2.48. The molecule has 0 saturated heterocycles. The maximum atomic E-state index is 12.9. The van der Waals surface area contributed by atoms with Crippen molar-refractivity contribution in [2.45, 2.75) is 33.2 Å². The zero-order valence-corrected chi connectivity index (χ0v) is 14.3. The van der Waals surface area contributed by atoms with Gasteiger partial charge in [0.2, 0.25) is 0 Å². The molecular formula is C19H24FN3O. The van der Waals surface area contributed by atoms with Crippen LogP contribution in [-0.4, -0.2) is 28.9 Å². The second kappa shape index (κ2) is 9.01. The molecule has 0 aliphatic rings. The molecular weight excluding hydrogens is 305 g/mol. The second-order valence-corrected chi connectivity index (χ2v) is 5.70. The summed E-state index contributed by atoms with van der Waals surface area (Å²) in [5, 5.41) is 3.25. The zero-order valence-electron chi connectivity index (χ0n) is 14.3. The number of halogens is 1. The third-order valence-corrected chi connectivity index (χ3v) is 3.66. The Kier molecular flexibility index (Phi) is 6.73. The van der Waals surface area contributed by atoms with Gasteiger partial charge < -0.3 is 10.2 Å². The highest BCUT2D eigenvalue weighted by Gasteiger charge is 2.15. The summed E-state index contributed by atoms with van der Waals surface area (Å²) in [7, 11) is 0. The summed E-state index contributed by atoms with van der Waals surface area (Å²) in [4.78, 5) is 18.6. The van der Waals surface area contributed by atoms with Gasteiger partial charge in [-0.15, -0.1) is 0 Å². The van der Waals surface area contributed by atoms with Gasteiger partial charge in [-0.05, 0) is 42.7 Å². The summed E-state index contributed by atoms with van der Waals surface area (Å²) >= 11 is 0. The molecule has 24 heavy (non-hydrogen) atoms. The van der Waals surface area contributed by atoms with E-state index in [1.807, 2.05) is 11.0 Å². The lowest BCUT2D eigenvalue weighted by Gasteiger charge is -2.21. The Bertz CT molecular complexity index is 652. The molecule has 0 saturated carbocycles. The van der Waals surface area contributed by atoms with Gasteiger partial charge in [-0.3, -0.25) is 9.78 Å². The van der Waals surface area contributed by atoms with Gasteiger partial charge in [-0.25, -0.2) is 4.39 Å². The number of rotatable bonds is 8. The predicted octanol–water partition coefficient (Wildman–Crippen LogP) is 4.10. The van der Waals surface area contributed by atoms with Gasteiger partial charge >= 0.3 is 0 Å². The number of hydrogen-bond donors (Lipinski definition) is 1. The van der Waals surface area contributed by atoms with Crippen LogP contribution in [0.2, 0.25) is 0 Å². The fraction of sp³-hybridized carbons (Fsp3) is 0.368. The first kappa shape index (κ1) is 17.9. The third-order valence-electron chi connectivity index (χ3n) is 3.66. The van der Waals surface area contributed by atoms with Crippen molar-refractivity contribution >= 4 is 11.6 Å². The summed E-state index contributed by atoms with van der Waals surface area (Å²) in [6, 6.07) is 9.94. The zero-order chi connectivity index (χ0) is 17.4. The molecule has 0 unspecified atom stereocenters. The Hall–Kier alpha value is -2.43. The summed E-state index contributed by atoms with van der Waals surface area (Å²) in [6.45, 7) is 6.16. The van der Waals surface area contributed by atoms with Crippen LogP contribution in [0.1, 0.15) is 42.7 Å². The van der Waals surface area contributed by atoms with Crippen molar-refractivity contribution in [2.75, 3.05) is 18.4 Å². The molecule has 4 nitrogen and oxygen atoms in total. The van der Waals surface area contributed by atoms with E-state index in [-0.39, 0.29) is 11.7 Å². The number of carbonyl (C=O) groups is 1. The van der Waals surface area contributed by atoms with Crippen LogP contribution in [0.5, 0.6) is 0 Å². The van der Waals surface area contributed by atoms with Gasteiger partial charge in [0.25, 0.3) is 5.91 Å². The van der Waals surface area contributed by atoms with E-state index >= 15 is 0 Å². The molecule has 0 radical (unpaired) electrons. The van der Waals surface area contributed by atoms with Crippen LogP contribution >= 0.6 is 0 Å². The average molecular weight is 329 g/mol. The minimum Gasteiger partial charge on any atom is -0.381 e. The van der Waals surface area contributed by atoms with E-state index in [1.165, 1.54) is 12.1 Å². The average Bonchev–Trinajstić information content (AvgIpc) is 2.61. The molecule has 2 aromatic rings. The van der Waals surface area contributed by atoms with E-state index in [0.717, 1.165) is 37.2 Å². The summed E-state index contributed by atoms with van der Waals surface area (Å²) in [6.07, 6.45) is 3.48. The molecule has 1 aromatic heterocycles. The molecule has 0 aliphatic heterocycles. The maximum absolute atomic E-state index is 12.9. The highest BCUT2D eigenvalue weighted by Crippen LogP contribution is 2.13. The van der Waals surface area contributed by atoms with Crippen LogP contribution in [-0.2, 0) is 6.54 Å². The van der Waals surface area contributed by atoms with Crippen molar-refractivity contribution in [2.24, 2.45) is 0 Å². The van der Waals surface area contributed by atoms with Gasteiger partial charge in [0.15, 0.2) is 0 Å². The summed E-state index contributed by atoms with van der Waals surface area (Å²) < 4.78 is 12.9. The Balaban J connectivity index is 2.04. The molecule has 2 rings (SSSR count). The van der Waals surface area contributed by atoms with E-state index in [0.29, 0.717) is 12.2 Å². The molecule has 128 valence electrons. The molecule has 5 heteroatoms.